The van der Waals surface area contributed by atoms with E-state index in [2.05, 4.69) is 36.1 Å². The first kappa shape index (κ1) is 18.3. The van der Waals surface area contributed by atoms with E-state index in [1.54, 1.807) is 24.3 Å². The van der Waals surface area contributed by atoms with E-state index in [1.165, 1.54) is 4.57 Å². The smallest absolute Gasteiger partial charge is 0.267 e. The first-order valence-corrected chi connectivity index (χ1v) is 9.90. The molecule has 0 fully saturated rings. The van der Waals surface area contributed by atoms with Gasteiger partial charge >= 0.3 is 0 Å². The summed E-state index contributed by atoms with van der Waals surface area (Å²) < 4.78 is 2.19. The highest BCUT2D eigenvalue weighted by Gasteiger charge is 2.14. The highest BCUT2D eigenvalue weighted by molar-refractivity contribution is 9.10. The van der Waals surface area contributed by atoms with Crippen molar-refractivity contribution in [3.05, 3.63) is 87.6 Å². The lowest BCUT2D eigenvalue weighted by atomic mass is 10.2. The van der Waals surface area contributed by atoms with Crippen LogP contribution in [0, 0.1) is 0 Å². The molecule has 0 aliphatic heterocycles. The van der Waals surface area contributed by atoms with Gasteiger partial charge in [0.15, 0.2) is 5.69 Å². The predicted octanol–water partition coefficient (Wildman–Crippen LogP) is 5.75. The van der Waals surface area contributed by atoms with Gasteiger partial charge in [-0.25, -0.2) is 9.55 Å². The molecule has 2 aromatic heterocycles. The van der Waals surface area contributed by atoms with Gasteiger partial charge in [0, 0.05) is 9.86 Å². The molecule has 146 valence electrons. The Bertz CT molecular complexity index is 1490. The fourth-order valence-electron chi connectivity index (χ4n) is 3.33. The van der Waals surface area contributed by atoms with Crippen molar-refractivity contribution in [3.8, 4) is 11.6 Å². The third-order valence-corrected chi connectivity index (χ3v) is 5.22. The molecule has 7 nitrogen and oxygen atoms in total. The number of nitrogens with one attached hydrogen (secondary N) is 1. The molecule has 3 aromatic carbocycles. The van der Waals surface area contributed by atoms with E-state index < -0.39 is 0 Å². The third-order valence-electron chi connectivity index (χ3n) is 4.73. The van der Waals surface area contributed by atoms with Crippen LogP contribution >= 0.6 is 15.9 Å². The van der Waals surface area contributed by atoms with Crippen LogP contribution in [-0.4, -0.2) is 19.6 Å². The third kappa shape index (κ3) is 3.07. The standard InChI is InChI=1S/C22H14BrN5O2/c23-13-10-11-18-16(12-13)21(30)28(14-6-2-1-3-7-14)22(25-18)27-26-19-15-8-4-5-9-17(15)24-20(19)29/h1-12,24,29H. The van der Waals surface area contributed by atoms with Gasteiger partial charge < -0.3 is 10.1 Å². The average Bonchev–Trinajstić information content (AvgIpc) is 3.08. The summed E-state index contributed by atoms with van der Waals surface area (Å²) in [7, 11) is 0. The highest BCUT2D eigenvalue weighted by Crippen LogP contribution is 2.36. The molecular formula is C22H14BrN5O2. The maximum atomic E-state index is 13.3. The highest BCUT2D eigenvalue weighted by atomic mass is 79.9. The van der Waals surface area contributed by atoms with E-state index in [0.29, 0.717) is 16.6 Å². The number of hydrogen-bond acceptors (Lipinski definition) is 5. The van der Waals surface area contributed by atoms with Crippen molar-refractivity contribution in [3.63, 3.8) is 0 Å². The fourth-order valence-corrected chi connectivity index (χ4v) is 3.69. The van der Waals surface area contributed by atoms with Crippen LogP contribution in [0.25, 0.3) is 27.5 Å². The van der Waals surface area contributed by atoms with Crippen molar-refractivity contribution in [1.82, 2.24) is 14.5 Å². The summed E-state index contributed by atoms with van der Waals surface area (Å²) in [5.41, 5.74) is 1.89. The molecule has 2 N–H and O–H groups in total. The molecule has 5 aromatic rings. The van der Waals surface area contributed by atoms with Crippen LogP contribution in [-0.2, 0) is 0 Å². The van der Waals surface area contributed by atoms with Crippen LogP contribution in [0.4, 0.5) is 11.6 Å². The molecule has 8 heteroatoms. The van der Waals surface area contributed by atoms with Gasteiger partial charge in [-0.2, -0.15) is 0 Å². The van der Waals surface area contributed by atoms with Crippen molar-refractivity contribution in [1.29, 1.82) is 0 Å². The van der Waals surface area contributed by atoms with Gasteiger partial charge in [-0.1, -0.05) is 52.3 Å². The van der Waals surface area contributed by atoms with Gasteiger partial charge in [0.2, 0.25) is 5.88 Å². The van der Waals surface area contributed by atoms with E-state index in [0.717, 1.165) is 15.4 Å². The first-order chi connectivity index (χ1) is 14.6. The number of rotatable bonds is 3. The van der Waals surface area contributed by atoms with Crippen LogP contribution in [0.1, 0.15) is 0 Å². The van der Waals surface area contributed by atoms with Gasteiger partial charge in [0.05, 0.1) is 22.1 Å². The molecule has 0 bridgehead atoms. The largest absolute Gasteiger partial charge is 0.493 e. The molecule has 0 aliphatic rings. The van der Waals surface area contributed by atoms with Gasteiger partial charge in [-0.05, 0) is 36.4 Å². The summed E-state index contributed by atoms with van der Waals surface area (Å²) in [6.07, 6.45) is 0. The number of hydrogen-bond donors (Lipinski definition) is 2. The Morgan fingerprint density at radius 2 is 1.70 bits per heavy atom. The van der Waals surface area contributed by atoms with Crippen molar-refractivity contribution in [2.24, 2.45) is 10.2 Å². The Morgan fingerprint density at radius 3 is 2.53 bits per heavy atom. The lowest BCUT2D eigenvalue weighted by Crippen LogP contribution is -2.19. The zero-order chi connectivity index (χ0) is 20.7. The Morgan fingerprint density at radius 1 is 0.933 bits per heavy atom. The summed E-state index contributed by atoms with van der Waals surface area (Å²) >= 11 is 3.40. The van der Waals surface area contributed by atoms with Crippen molar-refractivity contribution in [2.45, 2.75) is 0 Å². The number of benzene rings is 3. The molecule has 5 rings (SSSR count). The summed E-state index contributed by atoms with van der Waals surface area (Å²) in [5, 5.41) is 19.9. The second kappa shape index (κ2) is 7.23. The number of nitrogens with zero attached hydrogens (tertiary/aromatic N) is 4. The molecule has 0 unspecified atom stereocenters. The number of para-hydroxylation sites is 2. The molecule has 0 saturated heterocycles. The second-order valence-electron chi connectivity index (χ2n) is 6.62. The van der Waals surface area contributed by atoms with Crippen molar-refractivity contribution < 1.29 is 5.11 Å². The van der Waals surface area contributed by atoms with Crippen molar-refractivity contribution >= 4 is 49.4 Å². The number of aromatic hydroxyl groups is 1. The molecular weight excluding hydrogens is 446 g/mol. The molecule has 30 heavy (non-hydrogen) atoms. The minimum atomic E-state index is -0.260. The summed E-state index contributed by atoms with van der Waals surface area (Å²) in [6, 6.07) is 21.8. The lowest BCUT2D eigenvalue weighted by Gasteiger charge is -2.10. The minimum Gasteiger partial charge on any atom is -0.493 e. The summed E-state index contributed by atoms with van der Waals surface area (Å²) in [4.78, 5) is 20.7. The Balaban J connectivity index is 1.75. The van der Waals surface area contributed by atoms with E-state index in [-0.39, 0.29) is 23.1 Å². The molecule has 0 spiro atoms. The van der Waals surface area contributed by atoms with Crippen LogP contribution in [0.2, 0.25) is 0 Å². The lowest BCUT2D eigenvalue weighted by molar-refractivity contribution is 0.459. The molecule has 0 amide bonds. The number of H-pyrrole nitrogens is 1. The maximum absolute atomic E-state index is 13.3. The number of aromatic amines is 1. The van der Waals surface area contributed by atoms with Crippen LogP contribution in [0.3, 0.4) is 0 Å². The molecule has 0 aliphatic carbocycles. The van der Waals surface area contributed by atoms with Gasteiger partial charge in [0.1, 0.15) is 0 Å². The van der Waals surface area contributed by atoms with Gasteiger partial charge in [-0.15, -0.1) is 10.2 Å². The Labute approximate surface area is 178 Å². The Kier molecular flexibility index (Phi) is 4.40. The second-order valence-corrected chi connectivity index (χ2v) is 7.53. The predicted molar refractivity (Wildman–Crippen MR) is 119 cm³/mol. The van der Waals surface area contributed by atoms with E-state index in [1.807, 2.05) is 48.5 Å². The van der Waals surface area contributed by atoms with Gasteiger partial charge in [-0.3, -0.25) is 4.79 Å². The fraction of sp³-hybridized carbons (Fsp3) is 0. The molecule has 0 radical (unpaired) electrons. The normalized spacial score (nSPS) is 11.6. The molecule has 0 saturated carbocycles. The van der Waals surface area contributed by atoms with Crippen molar-refractivity contribution in [2.75, 3.05) is 0 Å². The number of aromatic nitrogens is 3. The van der Waals surface area contributed by atoms with E-state index >= 15 is 0 Å². The minimum absolute atomic E-state index is 0.0988. The average molecular weight is 460 g/mol. The number of fused-ring (bicyclic) bond motifs is 2. The number of halogens is 1. The maximum Gasteiger partial charge on any atom is 0.267 e. The van der Waals surface area contributed by atoms with E-state index in [9.17, 15) is 9.90 Å². The zero-order valence-corrected chi connectivity index (χ0v) is 17.0. The quantitative estimate of drug-likeness (QED) is 0.336. The van der Waals surface area contributed by atoms with Gasteiger partial charge in [0.25, 0.3) is 11.5 Å². The van der Waals surface area contributed by atoms with E-state index in [4.69, 9.17) is 0 Å². The molecule has 0 atom stereocenters. The number of azo groups is 1. The summed E-state index contributed by atoms with van der Waals surface area (Å²) in [5.74, 6) is 0.0176. The van der Waals surface area contributed by atoms with Crippen LogP contribution in [0.5, 0.6) is 5.88 Å². The topological polar surface area (TPSA) is 95.6 Å². The first-order valence-electron chi connectivity index (χ1n) is 9.11. The monoisotopic (exact) mass is 459 g/mol. The zero-order valence-electron chi connectivity index (χ0n) is 15.5. The van der Waals surface area contributed by atoms with Crippen LogP contribution < -0.4 is 5.56 Å². The Hall–Kier alpha value is -3.78. The molecule has 2 heterocycles. The summed E-state index contributed by atoms with van der Waals surface area (Å²) in [6.45, 7) is 0. The van der Waals surface area contributed by atoms with Crippen LogP contribution in [0.15, 0.2) is 92.3 Å². The SMILES string of the molecule is O=c1c2cc(Br)ccc2nc(N=Nc2c(O)[nH]c3ccccc23)n1-c1ccccc1.